The fourth-order valence-electron chi connectivity index (χ4n) is 9.78. The molecular formula is C59H40N6O12S3. The molecule has 0 aliphatic rings. The first-order valence-corrected chi connectivity index (χ1v) is 28.3. The zero-order valence-electron chi connectivity index (χ0n) is 42.2. The number of rotatable bonds is 14. The Morgan fingerprint density at radius 1 is 0.338 bits per heavy atom. The van der Waals surface area contributed by atoms with E-state index in [2.05, 4.69) is 14.9 Å². The van der Waals surface area contributed by atoms with E-state index >= 15 is 0 Å². The van der Waals surface area contributed by atoms with Crippen molar-refractivity contribution in [1.82, 2.24) is 0 Å². The highest BCUT2D eigenvalue weighted by Gasteiger charge is 2.34. The quantitative estimate of drug-likeness (QED) is 0.0555. The first-order chi connectivity index (χ1) is 38.1. The molecule has 0 saturated heterocycles. The third-order valence-electron chi connectivity index (χ3n) is 14.2. The molecule has 0 radical (unpaired) electrons. The molecule has 0 atom stereocenters. The molecule has 0 saturated carbocycles. The highest BCUT2D eigenvalue weighted by molar-refractivity contribution is 7.88. The SMILES string of the molecule is CC(C)(c1ccc(OS(=O)(=O)c2cccc3c([O-])c([N+]#N)ccc23)cc1)c1ccc(C(C)(c2ccc(OS(=O)(=O)c3cccc4c([O-])c([N+]#N)ccc34)cc2)c2ccc(OS(=O)(=O)c3cccc4c([O-])c([N+]#N)ccc34)cc2)cc1. The minimum atomic E-state index is -4.54. The average Bonchev–Trinajstić information content (AvgIpc) is 3.45. The summed E-state index contributed by atoms with van der Waals surface area (Å²) in [4.78, 5) is 8.12. The molecule has 0 spiro atoms. The summed E-state index contributed by atoms with van der Waals surface area (Å²) in [7, 11) is -13.5. The highest BCUT2D eigenvalue weighted by Crippen LogP contribution is 2.44. The monoisotopic (exact) mass is 1120 g/mol. The fourth-order valence-corrected chi connectivity index (χ4v) is 13.2. The zero-order chi connectivity index (χ0) is 56.9. The van der Waals surface area contributed by atoms with E-state index in [4.69, 9.17) is 12.5 Å². The van der Waals surface area contributed by atoms with Gasteiger partial charge in [-0.25, -0.2) is 0 Å². The average molecular weight is 1120 g/mol. The lowest BCUT2D eigenvalue weighted by atomic mass is 9.70. The van der Waals surface area contributed by atoms with Gasteiger partial charge in [-0.05, 0) is 141 Å². The van der Waals surface area contributed by atoms with E-state index in [1.54, 1.807) is 36.4 Å². The molecule has 10 rings (SSSR count). The molecule has 0 fully saturated rings. The molecule has 10 aromatic carbocycles. The summed E-state index contributed by atoms with van der Waals surface area (Å²) in [5.41, 5.74) is 1.17. The second kappa shape index (κ2) is 20.0. The van der Waals surface area contributed by atoms with Gasteiger partial charge in [-0.3, -0.25) is 0 Å². The largest absolute Gasteiger partial charge is 0.867 e. The molecule has 0 unspecified atom stereocenters. The molecule has 10 aromatic rings. The number of fused-ring (bicyclic) bond motifs is 3. The zero-order valence-corrected chi connectivity index (χ0v) is 44.7. The first kappa shape index (κ1) is 53.3. The van der Waals surface area contributed by atoms with Crippen LogP contribution in [0.2, 0.25) is 0 Å². The summed E-state index contributed by atoms with van der Waals surface area (Å²) < 4.78 is 99.2. The Bertz CT molecular complexity index is 4480. The smallest absolute Gasteiger partial charge is 0.378 e. The normalized spacial score (nSPS) is 12.1. The van der Waals surface area contributed by atoms with E-state index in [-0.39, 0.29) is 81.3 Å². The van der Waals surface area contributed by atoms with Gasteiger partial charge in [-0.1, -0.05) is 111 Å². The van der Waals surface area contributed by atoms with E-state index in [0.717, 1.165) is 16.7 Å². The van der Waals surface area contributed by atoms with Crippen molar-refractivity contribution in [2.75, 3.05) is 0 Å². The first-order valence-electron chi connectivity index (χ1n) is 24.1. The van der Waals surface area contributed by atoms with Crippen molar-refractivity contribution in [3.63, 3.8) is 0 Å². The van der Waals surface area contributed by atoms with Crippen LogP contribution < -0.4 is 27.9 Å². The molecule has 396 valence electrons. The van der Waals surface area contributed by atoms with Gasteiger partial charge in [0.15, 0.2) is 14.9 Å². The molecule has 0 aromatic heterocycles. The van der Waals surface area contributed by atoms with Crippen molar-refractivity contribution < 1.29 is 53.1 Å². The lowest BCUT2D eigenvalue weighted by Gasteiger charge is -2.33. The summed E-state index contributed by atoms with van der Waals surface area (Å²) in [6, 6.07) is 46.8. The van der Waals surface area contributed by atoms with Gasteiger partial charge in [0.25, 0.3) is 0 Å². The van der Waals surface area contributed by atoms with Gasteiger partial charge in [-0.15, -0.1) is 0 Å². The van der Waals surface area contributed by atoms with E-state index in [9.17, 15) is 56.8 Å². The van der Waals surface area contributed by atoms with Gasteiger partial charge >= 0.3 is 47.4 Å². The molecule has 21 heteroatoms. The van der Waals surface area contributed by atoms with Crippen molar-refractivity contribution in [3.05, 3.63) is 231 Å². The van der Waals surface area contributed by atoms with E-state index in [0.29, 0.717) is 11.1 Å². The summed E-state index contributed by atoms with van der Waals surface area (Å²) >= 11 is 0. The van der Waals surface area contributed by atoms with Crippen LogP contribution in [0.15, 0.2) is 203 Å². The number of hydrogen-bond acceptors (Lipinski definition) is 15. The Hall–Kier alpha value is -10.1. The topological polar surface area (TPSA) is 284 Å². The van der Waals surface area contributed by atoms with Crippen molar-refractivity contribution >= 4 is 79.7 Å². The van der Waals surface area contributed by atoms with Crippen molar-refractivity contribution in [2.24, 2.45) is 0 Å². The minimum absolute atomic E-state index is 0.00760. The Morgan fingerprint density at radius 3 is 0.863 bits per heavy atom. The molecule has 0 aliphatic carbocycles. The van der Waals surface area contributed by atoms with Gasteiger partial charge < -0.3 is 27.9 Å². The summed E-state index contributed by atoms with van der Waals surface area (Å²) in [6.07, 6.45) is 0. The molecule has 18 nitrogen and oxygen atoms in total. The maximum Gasteiger partial charge on any atom is 0.378 e. The van der Waals surface area contributed by atoms with Gasteiger partial charge in [0.05, 0.1) is 0 Å². The fraction of sp³-hybridized carbons (Fsp3) is 0.0847. The van der Waals surface area contributed by atoms with Crippen LogP contribution in [0, 0.1) is 16.2 Å². The third kappa shape index (κ3) is 9.39. The Balaban J connectivity index is 0.961. The molecule has 80 heavy (non-hydrogen) atoms. The second-order valence-corrected chi connectivity index (χ2v) is 23.7. The molecule has 0 bridgehead atoms. The number of nitrogens with zero attached hydrogens (tertiary/aromatic N) is 6. The number of hydrogen-bond donors (Lipinski definition) is 0. The van der Waals surface area contributed by atoms with Crippen LogP contribution in [0.3, 0.4) is 0 Å². The van der Waals surface area contributed by atoms with Crippen LogP contribution in [0.4, 0.5) is 17.1 Å². The molecule has 0 N–H and O–H groups in total. The minimum Gasteiger partial charge on any atom is -0.867 e. The van der Waals surface area contributed by atoms with Crippen LogP contribution in [0.5, 0.6) is 34.5 Å². The lowest BCUT2D eigenvalue weighted by Crippen LogP contribution is -2.26. The van der Waals surface area contributed by atoms with Crippen LogP contribution >= 0.6 is 0 Å². The second-order valence-electron chi connectivity index (χ2n) is 19.1. The Labute approximate surface area is 458 Å². The van der Waals surface area contributed by atoms with Crippen LogP contribution in [0.1, 0.15) is 48.6 Å². The Kier molecular flexibility index (Phi) is 13.3. The van der Waals surface area contributed by atoms with Gasteiger partial charge in [-0.2, -0.15) is 25.3 Å². The van der Waals surface area contributed by atoms with E-state index in [1.807, 2.05) is 45.0 Å². The molecule has 0 heterocycles. The van der Waals surface area contributed by atoms with Crippen LogP contribution in [-0.2, 0) is 41.2 Å². The van der Waals surface area contributed by atoms with Crippen molar-refractivity contribution in [3.8, 4) is 34.5 Å². The Morgan fingerprint density at radius 2 is 0.588 bits per heavy atom. The molecule has 0 aliphatic heterocycles. The highest BCUT2D eigenvalue weighted by atomic mass is 32.2. The maximum atomic E-state index is 13.8. The molecule has 0 amide bonds. The number of benzene rings is 10. The van der Waals surface area contributed by atoms with E-state index < -0.39 is 58.4 Å². The van der Waals surface area contributed by atoms with Crippen LogP contribution in [-0.4, -0.2) is 25.3 Å². The van der Waals surface area contributed by atoms with Crippen molar-refractivity contribution in [2.45, 2.75) is 46.3 Å². The predicted octanol–water partition coefficient (Wildman–Crippen LogP) is 11.8. The standard InChI is InChI=1S/C59H40N6O12S3/c1-58(2,36-17-23-40(24-18-36)75-78(69,70)52-10-4-7-46-43(52)29-32-49(63-60)55(46)66)35-13-15-37(16-14-35)59(3,38-19-25-41(26-20-38)76-79(71,72)53-11-5-8-47-44(53)30-33-50(64-61)56(47)67)39-21-27-42(28-22-39)77-80(73,74)54-12-6-9-48-45(54)31-34-51(65-62)57(48)68/h4-34H,1-3H3. The number of diazo groups is 3. The van der Waals surface area contributed by atoms with Crippen LogP contribution in [0.25, 0.3) is 47.2 Å². The summed E-state index contributed by atoms with van der Waals surface area (Å²) in [6.45, 7) is 5.89. The summed E-state index contributed by atoms with van der Waals surface area (Å²) in [5, 5.41) is 66.5. The predicted molar refractivity (Wildman–Crippen MR) is 291 cm³/mol. The lowest BCUT2D eigenvalue weighted by molar-refractivity contribution is -0.265. The van der Waals surface area contributed by atoms with Crippen molar-refractivity contribution in [1.29, 1.82) is 16.2 Å². The molecular weight excluding hydrogens is 1080 g/mol. The van der Waals surface area contributed by atoms with Gasteiger partial charge in [0.1, 0.15) is 31.9 Å². The summed E-state index contributed by atoms with van der Waals surface area (Å²) in [5.74, 6) is -2.09. The van der Waals surface area contributed by atoms with Gasteiger partial charge in [0, 0.05) is 45.2 Å². The van der Waals surface area contributed by atoms with Gasteiger partial charge in [0.2, 0.25) is 16.2 Å². The van der Waals surface area contributed by atoms with E-state index in [1.165, 1.54) is 127 Å². The maximum absolute atomic E-state index is 13.8. The third-order valence-corrected chi connectivity index (χ3v) is 18.1.